The molecule has 4 rings (SSSR count). The number of hydrogen-bond acceptors (Lipinski definition) is 4. The average molecular weight is 603 g/mol. The number of nitrogens with two attached hydrogens (primary N) is 1. The van der Waals surface area contributed by atoms with Gasteiger partial charge in [0, 0.05) is 42.3 Å². The van der Waals surface area contributed by atoms with Crippen LogP contribution < -0.4 is 21.3 Å². The summed E-state index contributed by atoms with van der Waals surface area (Å²) in [5.41, 5.74) is 14.0. The molecule has 2 atom stereocenters. The van der Waals surface area contributed by atoms with Crippen LogP contribution in [0.5, 0.6) is 0 Å². The van der Waals surface area contributed by atoms with Crippen LogP contribution in [0, 0.1) is 12.8 Å². The van der Waals surface area contributed by atoms with E-state index in [2.05, 4.69) is 160 Å². The lowest BCUT2D eigenvalue weighted by Crippen LogP contribution is -2.36. The van der Waals surface area contributed by atoms with Gasteiger partial charge in [0.25, 0.3) is 0 Å². The molecular weight excluding hydrogens is 548 g/mol. The van der Waals surface area contributed by atoms with Gasteiger partial charge in [-0.3, -0.25) is 0 Å². The molecule has 1 unspecified atom stereocenters. The van der Waals surface area contributed by atoms with Crippen LogP contribution in [-0.2, 0) is 6.42 Å². The van der Waals surface area contributed by atoms with Gasteiger partial charge in [0.2, 0.25) is 0 Å². The number of anilines is 1. The Bertz CT molecular complexity index is 1510. The molecule has 1 aliphatic carbocycles. The summed E-state index contributed by atoms with van der Waals surface area (Å²) in [6.45, 7) is 23.4. The highest BCUT2D eigenvalue weighted by atomic mass is 15.1. The molecule has 45 heavy (non-hydrogen) atoms. The van der Waals surface area contributed by atoms with Crippen molar-refractivity contribution in [3.05, 3.63) is 151 Å². The summed E-state index contributed by atoms with van der Waals surface area (Å²) < 4.78 is 0. The summed E-state index contributed by atoms with van der Waals surface area (Å²) in [6, 6.07) is 23.7. The molecule has 4 nitrogen and oxygen atoms in total. The quantitative estimate of drug-likeness (QED) is 0.162. The van der Waals surface area contributed by atoms with Crippen LogP contribution >= 0.6 is 0 Å². The van der Waals surface area contributed by atoms with E-state index in [-0.39, 0.29) is 6.04 Å². The molecule has 0 heterocycles. The molecular formula is C41H54N4. The Morgan fingerprint density at radius 3 is 2.42 bits per heavy atom. The number of rotatable bonds is 15. The van der Waals surface area contributed by atoms with E-state index >= 15 is 0 Å². The Kier molecular flexibility index (Phi) is 14.5. The molecule has 3 aromatic carbocycles. The zero-order valence-corrected chi connectivity index (χ0v) is 28.0. The Morgan fingerprint density at radius 1 is 0.933 bits per heavy atom. The predicted molar refractivity (Wildman–Crippen MR) is 198 cm³/mol. The van der Waals surface area contributed by atoms with E-state index in [4.69, 9.17) is 5.73 Å². The first-order chi connectivity index (χ1) is 21.7. The predicted octanol–water partition coefficient (Wildman–Crippen LogP) is 9.13. The van der Waals surface area contributed by atoms with Crippen LogP contribution in [0.25, 0.3) is 10.8 Å². The third-order valence-corrected chi connectivity index (χ3v) is 8.07. The van der Waals surface area contributed by atoms with Crippen LogP contribution in [0.2, 0.25) is 0 Å². The fraction of sp³-hybridized carbons (Fsp3) is 0.317. The van der Waals surface area contributed by atoms with E-state index in [9.17, 15) is 0 Å². The van der Waals surface area contributed by atoms with Crippen molar-refractivity contribution in [2.24, 2.45) is 11.7 Å². The molecule has 0 fully saturated rings. The summed E-state index contributed by atoms with van der Waals surface area (Å²) >= 11 is 0. The van der Waals surface area contributed by atoms with Crippen molar-refractivity contribution in [1.82, 2.24) is 10.6 Å². The normalized spacial score (nSPS) is 13.5. The van der Waals surface area contributed by atoms with Gasteiger partial charge < -0.3 is 21.3 Å². The lowest BCUT2D eigenvalue weighted by atomic mass is 10.0. The van der Waals surface area contributed by atoms with Gasteiger partial charge in [0.05, 0.1) is 6.04 Å². The van der Waals surface area contributed by atoms with Gasteiger partial charge in [-0.05, 0) is 74.9 Å². The van der Waals surface area contributed by atoms with Gasteiger partial charge in [-0.25, -0.2) is 0 Å². The molecule has 3 aromatic rings. The average Bonchev–Trinajstić information content (AvgIpc) is 3.32. The molecule has 238 valence electrons. The van der Waals surface area contributed by atoms with Crippen molar-refractivity contribution in [2.75, 3.05) is 24.5 Å². The largest absolute Gasteiger partial charge is 0.387 e. The second-order valence-corrected chi connectivity index (χ2v) is 12.1. The van der Waals surface area contributed by atoms with E-state index in [1.165, 1.54) is 33.2 Å². The Hall–Kier alpha value is -4.28. The SMILES string of the molecule is C=C(CCN(C(=C)C)c1ccccc1CCC1=CCC=CC=C1)N[C@H](C)C(=C)NCC(C)CN.Cc1ccc2ccccc2c1. The van der Waals surface area contributed by atoms with E-state index in [1.54, 1.807) is 0 Å². The van der Waals surface area contributed by atoms with Gasteiger partial charge in [0.1, 0.15) is 0 Å². The second kappa shape index (κ2) is 18.5. The zero-order chi connectivity index (χ0) is 32.6. The van der Waals surface area contributed by atoms with E-state index < -0.39 is 0 Å². The van der Waals surface area contributed by atoms with Gasteiger partial charge in [-0.2, -0.15) is 0 Å². The van der Waals surface area contributed by atoms with Gasteiger partial charge >= 0.3 is 0 Å². The Morgan fingerprint density at radius 2 is 1.67 bits per heavy atom. The molecule has 0 radical (unpaired) electrons. The van der Waals surface area contributed by atoms with Crippen molar-refractivity contribution in [2.45, 2.75) is 59.4 Å². The highest BCUT2D eigenvalue weighted by molar-refractivity contribution is 5.82. The fourth-order valence-corrected chi connectivity index (χ4v) is 5.15. The molecule has 4 heteroatoms. The molecule has 4 N–H and O–H groups in total. The highest BCUT2D eigenvalue weighted by Crippen LogP contribution is 2.27. The van der Waals surface area contributed by atoms with Crippen LogP contribution in [0.3, 0.4) is 0 Å². The summed E-state index contributed by atoms with van der Waals surface area (Å²) in [4.78, 5) is 2.31. The number of nitrogens with one attached hydrogen (secondary N) is 2. The lowest BCUT2D eigenvalue weighted by molar-refractivity contribution is 0.527. The number of fused-ring (bicyclic) bond motifs is 1. The molecule has 0 aromatic heterocycles. The minimum absolute atomic E-state index is 0.0958. The van der Waals surface area contributed by atoms with Crippen LogP contribution in [0.15, 0.2) is 140 Å². The lowest BCUT2D eigenvalue weighted by Gasteiger charge is -2.29. The van der Waals surface area contributed by atoms with Crippen molar-refractivity contribution >= 4 is 16.5 Å². The maximum atomic E-state index is 5.71. The van der Waals surface area contributed by atoms with Crippen LogP contribution in [0.1, 0.15) is 51.2 Å². The smallest absolute Gasteiger partial charge is 0.0622 e. The summed E-state index contributed by atoms with van der Waals surface area (Å²) in [6.07, 6.45) is 14.8. The topological polar surface area (TPSA) is 53.3 Å². The first-order valence-corrected chi connectivity index (χ1v) is 16.2. The molecule has 1 aliphatic rings. The molecule has 0 spiro atoms. The number of aryl methyl sites for hydroxylation is 2. The van der Waals surface area contributed by atoms with Crippen molar-refractivity contribution < 1.29 is 0 Å². The van der Waals surface area contributed by atoms with E-state index in [1.807, 2.05) is 0 Å². The molecule has 0 bridgehead atoms. The van der Waals surface area contributed by atoms with Crippen molar-refractivity contribution in [3.63, 3.8) is 0 Å². The summed E-state index contributed by atoms with van der Waals surface area (Å²) in [5, 5.41) is 9.52. The minimum atomic E-state index is 0.0958. The highest BCUT2D eigenvalue weighted by Gasteiger charge is 2.14. The number of para-hydroxylation sites is 1. The maximum absolute atomic E-state index is 5.71. The first kappa shape index (κ1) is 35.2. The standard InChI is InChI=1S/C30H44N4.C11H10/c1-23(2)34(20-19-25(4)33-27(6)26(5)32-22-24(3)21-31)30-16-12-11-15-29(30)18-17-28-13-9-7-8-10-14-28;1-9-6-7-10-4-2-3-5-11(10)8-9/h7-9,11-16,24,27,32-33H,1,4-5,10,17-22,31H2,2-3,6H3;2-8H,1H3/t24?,27-;/m1./s1. The van der Waals surface area contributed by atoms with E-state index in [0.717, 1.165) is 55.9 Å². The number of benzene rings is 3. The van der Waals surface area contributed by atoms with Crippen molar-refractivity contribution in [1.29, 1.82) is 0 Å². The van der Waals surface area contributed by atoms with Crippen molar-refractivity contribution in [3.8, 4) is 0 Å². The number of hydrogen-bond donors (Lipinski definition) is 3. The first-order valence-electron chi connectivity index (χ1n) is 16.2. The van der Waals surface area contributed by atoms with Gasteiger partial charge in [-0.1, -0.05) is 129 Å². The third kappa shape index (κ3) is 12.0. The molecule has 0 aliphatic heterocycles. The minimum Gasteiger partial charge on any atom is -0.387 e. The number of allylic oxidation sites excluding steroid dienone is 7. The molecule has 0 saturated heterocycles. The summed E-state index contributed by atoms with van der Waals surface area (Å²) in [5.74, 6) is 0.419. The zero-order valence-electron chi connectivity index (χ0n) is 28.0. The molecule has 0 amide bonds. The molecule has 0 saturated carbocycles. The van der Waals surface area contributed by atoms with Gasteiger partial charge in [0.15, 0.2) is 0 Å². The van der Waals surface area contributed by atoms with Gasteiger partial charge in [-0.15, -0.1) is 0 Å². The fourth-order valence-electron chi connectivity index (χ4n) is 5.15. The number of nitrogens with zero attached hydrogens (tertiary/aromatic N) is 1. The monoisotopic (exact) mass is 602 g/mol. The second-order valence-electron chi connectivity index (χ2n) is 12.1. The Balaban J connectivity index is 0.000000415. The summed E-state index contributed by atoms with van der Waals surface area (Å²) in [7, 11) is 0. The third-order valence-electron chi connectivity index (χ3n) is 8.07. The van der Waals surface area contributed by atoms with Crippen LogP contribution in [0.4, 0.5) is 5.69 Å². The van der Waals surface area contributed by atoms with Crippen LogP contribution in [-0.4, -0.2) is 25.7 Å². The van der Waals surface area contributed by atoms with E-state index in [0.29, 0.717) is 12.5 Å². The maximum Gasteiger partial charge on any atom is 0.0622 e. The Labute approximate surface area is 272 Å².